The molecule has 0 spiro atoms. The Morgan fingerprint density at radius 3 is 2.47 bits per heavy atom. The third-order valence-electron chi connectivity index (χ3n) is 4.93. The summed E-state index contributed by atoms with van der Waals surface area (Å²) >= 11 is 1.02. The van der Waals surface area contributed by atoms with E-state index in [0.29, 0.717) is 11.3 Å². The predicted octanol–water partition coefficient (Wildman–Crippen LogP) is 5.10. The van der Waals surface area contributed by atoms with Crippen LogP contribution in [0.3, 0.4) is 0 Å². The van der Waals surface area contributed by atoms with E-state index in [1.54, 1.807) is 36.4 Å². The molecule has 1 heterocycles. The molecule has 9 heteroatoms. The van der Waals surface area contributed by atoms with E-state index in [-0.39, 0.29) is 40.3 Å². The van der Waals surface area contributed by atoms with Gasteiger partial charge >= 0.3 is 0 Å². The molecule has 0 aliphatic rings. The Hall–Kier alpha value is -3.98. The van der Waals surface area contributed by atoms with Crippen molar-refractivity contribution in [1.82, 2.24) is 15.5 Å². The van der Waals surface area contributed by atoms with Gasteiger partial charge in [0.15, 0.2) is 0 Å². The minimum atomic E-state index is -0.475. The first kappa shape index (κ1) is 23.2. The number of anilines is 1. The predicted molar refractivity (Wildman–Crippen MR) is 128 cm³/mol. The summed E-state index contributed by atoms with van der Waals surface area (Å²) in [4.78, 5) is 25.4. The van der Waals surface area contributed by atoms with Gasteiger partial charge in [0.2, 0.25) is 5.91 Å². The largest absolute Gasteiger partial charge is 0.411 e. The average molecular weight is 477 g/mol. The highest BCUT2D eigenvalue weighted by molar-refractivity contribution is 7.99. The van der Waals surface area contributed by atoms with Crippen LogP contribution in [-0.2, 0) is 4.79 Å². The molecule has 2 N–H and O–H groups in total. The molecule has 0 unspecified atom stereocenters. The molecular formula is C25H21FN4O3S. The maximum absolute atomic E-state index is 13.9. The van der Waals surface area contributed by atoms with Crippen molar-refractivity contribution in [1.29, 1.82) is 0 Å². The van der Waals surface area contributed by atoms with Crippen molar-refractivity contribution < 1.29 is 18.4 Å². The molecule has 7 nitrogen and oxygen atoms in total. The number of hydrogen-bond donors (Lipinski definition) is 2. The van der Waals surface area contributed by atoms with Gasteiger partial charge in [-0.05, 0) is 36.8 Å². The first-order valence-electron chi connectivity index (χ1n) is 10.5. The highest BCUT2D eigenvalue weighted by Crippen LogP contribution is 2.25. The maximum Gasteiger partial charge on any atom is 0.277 e. The smallest absolute Gasteiger partial charge is 0.277 e. The molecular weight excluding hydrogens is 455 g/mol. The van der Waals surface area contributed by atoms with Gasteiger partial charge in [-0.1, -0.05) is 66.4 Å². The number of halogens is 1. The zero-order valence-electron chi connectivity index (χ0n) is 18.2. The van der Waals surface area contributed by atoms with E-state index in [0.717, 1.165) is 17.3 Å². The minimum absolute atomic E-state index is 0.0325. The van der Waals surface area contributed by atoms with Gasteiger partial charge in [0.05, 0.1) is 28.6 Å². The molecule has 2 amide bonds. The second-order valence-electron chi connectivity index (χ2n) is 7.34. The van der Waals surface area contributed by atoms with Crippen LogP contribution in [0, 0.1) is 5.82 Å². The van der Waals surface area contributed by atoms with Gasteiger partial charge in [0.25, 0.3) is 17.0 Å². The van der Waals surface area contributed by atoms with Gasteiger partial charge in [0.1, 0.15) is 5.82 Å². The van der Waals surface area contributed by atoms with E-state index in [1.807, 2.05) is 37.3 Å². The highest BCUT2D eigenvalue weighted by Gasteiger charge is 2.17. The number of rotatable bonds is 8. The van der Waals surface area contributed by atoms with Gasteiger partial charge in [-0.25, -0.2) is 4.39 Å². The van der Waals surface area contributed by atoms with Crippen LogP contribution >= 0.6 is 11.8 Å². The van der Waals surface area contributed by atoms with Gasteiger partial charge < -0.3 is 15.1 Å². The van der Waals surface area contributed by atoms with E-state index in [4.69, 9.17) is 4.42 Å². The molecule has 0 radical (unpaired) electrons. The van der Waals surface area contributed by atoms with Gasteiger partial charge in [-0.15, -0.1) is 10.2 Å². The Balaban J connectivity index is 1.37. The fraction of sp³-hybridized carbons (Fsp3) is 0.120. The summed E-state index contributed by atoms with van der Waals surface area (Å²) in [5.74, 6) is -1.12. The Labute approximate surface area is 199 Å². The number of carbonyl (C=O) groups is 2. The number of nitrogens with one attached hydrogen (secondary N) is 2. The van der Waals surface area contributed by atoms with Crippen LogP contribution < -0.4 is 10.6 Å². The lowest BCUT2D eigenvalue weighted by molar-refractivity contribution is -0.113. The van der Waals surface area contributed by atoms with E-state index in [9.17, 15) is 14.0 Å². The molecule has 0 saturated heterocycles. The summed E-state index contributed by atoms with van der Waals surface area (Å²) in [5, 5.41) is 13.5. The number of para-hydroxylation sites is 1. The summed E-state index contributed by atoms with van der Waals surface area (Å²) in [6.45, 7) is 1.89. The van der Waals surface area contributed by atoms with Gasteiger partial charge in [0, 0.05) is 0 Å². The maximum atomic E-state index is 13.9. The number of amides is 2. The van der Waals surface area contributed by atoms with E-state index in [2.05, 4.69) is 20.8 Å². The quantitative estimate of drug-likeness (QED) is 0.344. The fourth-order valence-electron chi connectivity index (χ4n) is 3.21. The lowest BCUT2D eigenvalue weighted by Crippen LogP contribution is -2.28. The number of aromatic nitrogens is 2. The third-order valence-corrected chi connectivity index (χ3v) is 5.75. The summed E-state index contributed by atoms with van der Waals surface area (Å²) in [6, 6.07) is 22.2. The number of hydrogen-bond acceptors (Lipinski definition) is 6. The molecule has 3 aromatic carbocycles. The van der Waals surface area contributed by atoms with Crippen molar-refractivity contribution in [3.8, 4) is 11.5 Å². The second kappa shape index (κ2) is 10.8. The van der Waals surface area contributed by atoms with Crippen LogP contribution in [-0.4, -0.2) is 27.8 Å². The van der Waals surface area contributed by atoms with Crippen LogP contribution in [0.25, 0.3) is 11.5 Å². The highest BCUT2D eigenvalue weighted by atomic mass is 32.2. The van der Waals surface area contributed by atoms with Crippen molar-refractivity contribution >= 4 is 29.3 Å². The normalized spacial score (nSPS) is 11.6. The molecule has 4 rings (SSSR count). The van der Waals surface area contributed by atoms with Crippen molar-refractivity contribution in [2.75, 3.05) is 11.1 Å². The topological polar surface area (TPSA) is 97.1 Å². The third kappa shape index (κ3) is 5.68. The Morgan fingerprint density at radius 2 is 1.68 bits per heavy atom. The second-order valence-corrected chi connectivity index (χ2v) is 8.27. The van der Waals surface area contributed by atoms with Crippen molar-refractivity contribution in [2.45, 2.75) is 18.2 Å². The first-order chi connectivity index (χ1) is 16.5. The summed E-state index contributed by atoms with van der Waals surface area (Å²) in [6.07, 6.45) is 0. The summed E-state index contributed by atoms with van der Waals surface area (Å²) in [7, 11) is 0. The molecule has 0 aliphatic carbocycles. The molecule has 0 fully saturated rings. The van der Waals surface area contributed by atoms with Crippen LogP contribution in [0.5, 0.6) is 0 Å². The molecule has 0 aliphatic heterocycles. The molecule has 4 aromatic rings. The van der Waals surface area contributed by atoms with Crippen molar-refractivity contribution in [3.63, 3.8) is 0 Å². The minimum Gasteiger partial charge on any atom is -0.411 e. The molecule has 0 bridgehead atoms. The molecule has 34 heavy (non-hydrogen) atoms. The summed E-state index contributed by atoms with van der Waals surface area (Å²) < 4.78 is 19.3. The van der Waals surface area contributed by atoms with Crippen LogP contribution in [0.15, 0.2) is 88.5 Å². The number of thioether (sulfide) groups is 1. The number of carbonyl (C=O) groups excluding carboxylic acids is 2. The Kier molecular flexibility index (Phi) is 7.34. The molecule has 1 aromatic heterocycles. The fourth-order valence-corrected chi connectivity index (χ4v) is 3.78. The van der Waals surface area contributed by atoms with Crippen LogP contribution in [0.1, 0.15) is 28.9 Å². The number of nitrogens with zero attached hydrogens (tertiary/aromatic N) is 2. The zero-order chi connectivity index (χ0) is 23.9. The lowest BCUT2D eigenvalue weighted by Gasteiger charge is -2.16. The van der Waals surface area contributed by atoms with Crippen molar-refractivity contribution in [3.05, 3.63) is 95.8 Å². The Bertz CT molecular complexity index is 1300. The van der Waals surface area contributed by atoms with Crippen molar-refractivity contribution in [2.24, 2.45) is 0 Å². The van der Waals surface area contributed by atoms with E-state index in [1.165, 1.54) is 12.1 Å². The number of benzene rings is 3. The molecule has 0 saturated carbocycles. The summed E-state index contributed by atoms with van der Waals surface area (Å²) in [5.41, 5.74) is 1.91. The van der Waals surface area contributed by atoms with Crippen LogP contribution in [0.2, 0.25) is 0 Å². The van der Waals surface area contributed by atoms with Gasteiger partial charge in [-0.2, -0.15) is 0 Å². The van der Waals surface area contributed by atoms with Crippen LogP contribution in [0.4, 0.5) is 10.1 Å². The molecule has 1 atom stereocenters. The van der Waals surface area contributed by atoms with E-state index < -0.39 is 5.82 Å². The Morgan fingerprint density at radius 1 is 0.971 bits per heavy atom. The first-order valence-corrected chi connectivity index (χ1v) is 11.5. The monoisotopic (exact) mass is 476 g/mol. The van der Waals surface area contributed by atoms with Gasteiger partial charge in [-0.3, -0.25) is 9.59 Å². The zero-order valence-corrected chi connectivity index (χ0v) is 19.0. The molecule has 172 valence electrons. The standard InChI is InChI=1S/C25H21FN4O3S/c1-16(17-9-3-2-4-10-17)27-23(32)19-12-6-8-14-21(19)28-22(31)15-34-25-30-29-24(33-25)18-11-5-7-13-20(18)26/h2-14,16H,15H2,1H3,(H,27,32)(H,28,31)/t16-/m1/s1. The SMILES string of the molecule is C[C@@H](NC(=O)c1ccccc1NC(=O)CSc1nnc(-c2ccccc2F)o1)c1ccccc1. The lowest BCUT2D eigenvalue weighted by atomic mass is 10.1. The van der Waals surface area contributed by atoms with E-state index >= 15 is 0 Å². The average Bonchev–Trinajstić information content (AvgIpc) is 3.32.